The number of rotatable bonds is 5. The topological polar surface area (TPSA) is 55.4 Å². The molecule has 1 amide bonds. The molecule has 1 aliphatic rings. The van der Waals surface area contributed by atoms with Crippen LogP contribution in [0.1, 0.15) is 33.1 Å². The van der Waals surface area contributed by atoms with Gasteiger partial charge in [-0.15, -0.1) is 0 Å². The smallest absolute Gasteiger partial charge is 0.248 e. The first-order chi connectivity index (χ1) is 6.60. The Balaban J connectivity index is 2.45. The molecule has 0 saturated carbocycles. The van der Waals surface area contributed by atoms with Crippen molar-refractivity contribution in [2.45, 2.75) is 44.5 Å². The molecule has 4 nitrogen and oxygen atoms in total. The molecule has 1 N–H and O–H groups in total. The third kappa shape index (κ3) is 2.53. The molecule has 0 aliphatic carbocycles. The molecule has 1 saturated heterocycles. The van der Waals surface area contributed by atoms with Crippen LogP contribution in [0.15, 0.2) is 0 Å². The zero-order valence-corrected chi connectivity index (χ0v) is 9.90. The van der Waals surface area contributed by atoms with Gasteiger partial charge in [0.1, 0.15) is 0 Å². The fraction of sp³-hybridized carbons (Fsp3) is 0.875. The van der Waals surface area contributed by atoms with Crippen LogP contribution in [0.5, 0.6) is 0 Å². The van der Waals surface area contributed by atoms with Gasteiger partial charge in [-0.1, -0.05) is 13.8 Å². The quantitative estimate of drug-likeness (QED) is 0.577. The average Bonchev–Trinajstić information content (AvgIpc) is 2.15. The third-order valence-corrected chi connectivity index (χ3v) is 3.85. The van der Waals surface area contributed by atoms with Gasteiger partial charge in [0.05, 0.1) is 16.8 Å². The number of hydrazine groups is 1. The Morgan fingerprint density at radius 3 is 2.64 bits per heavy atom. The summed E-state index contributed by atoms with van der Waals surface area (Å²) in [6, 6.07) is 0.252. The SMILES string of the molecule is CCC(CC)NN1C(=O)CC1[S+]([O-])Cl. The highest BCUT2D eigenvalue weighted by atomic mass is 35.7. The number of carbonyl (C=O) groups excluding carboxylic acids is 1. The van der Waals surface area contributed by atoms with Crippen LogP contribution < -0.4 is 5.43 Å². The molecule has 0 aromatic rings. The molecule has 0 aromatic carbocycles. The fourth-order valence-corrected chi connectivity index (χ4v) is 2.40. The molecule has 1 aliphatic heterocycles. The van der Waals surface area contributed by atoms with Crippen molar-refractivity contribution < 1.29 is 9.35 Å². The summed E-state index contributed by atoms with van der Waals surface area (Å²) in [4.78, 5) is 11.2. The Hall–Kier alpha value is 0.0300. The van der Waals surface area contributed by atoms with Gasteiger partial charge in [0.15, 0.2) is 10.7 Å². The van der Waals surface area contributed by atoms with E-state index in [1.165, 1.54) is 5.01 Å². The molecular weight excluding hydrogens is 224 g/mol. The van der Waals surface area contributed by atoms with Gasteiger partial charge in [0.25, 0.3) is 0 Å². The van der Waals surface area contributed by atoms with Crippen LogP contribution in [-0.2, 0) is 15.2 Å². The predicted molar refractivity (Wildman–Crippen MR) is 56.8 cm³/mol. The summed E-state index contributed by atoms with van der Waals surface area (Å²) in [6.45, 7) is 4.08. The predicted octanol–water partition coefficient (Wildman–Crippen LogP) is 1.14. The van der Waals surface area contributed by atoms with E-state index in [2.05, 4.69) is 5.43 Å². The minimum atomic E-state index is -1.48. The van der Waals surface area contributed by atoms with Gasteiger partial charge < -0.3 is 4.55 Å². The van der Waals surface area contributed by atoms with Crippen molar-refractivity contribution in [3.8, 4) is 0 Å². The van der Waals surface area contributed by atoms with Gasteiger partial charge in [0, 0.05) is 6.04 Å². The van der Waals surface area contributed by atoms with Crippen molar-refractivity contribution in [3.05, 3.63) is 0 Å². The Morgan fingerprint density at radius 1 is 1.71 bits per heavy atom. The number of β-lactam (4-membered cyclic amide) rings is 1. The monoisotopic (exact) mass is 238 g/mol. The van der Waals surface area contributed by atoms with Crippen LogP contribution in [0, 0.1) is 0 Å². The van der Waals surface area contributed by atoms with Gasteiger partial charge >= 0.3 is 0 Å². The average molecular weight is 239 g/mol. The second-order valence-electron chi connectivity index (χ2n) is 3.31. The molecule has 1 rings (SSSR count). The molecule has 0 bridgehead atoms. The van der Waals surface area contributed by atoms with Crippen LogP contribution in [-0.4, -0.2) is 26.9 Å². The van der Waals surface area contributed by atoms with E-state index in [-0.39, 0.29) is 23.7 Å². The summed E-state index contributed by atoms with van der Waals surface area (Å²) >= 11 is 0. The second kappa shape index (κ2) is 5.21. The largest absolute Gasteiger partial charge is 0.597 e. The molecule has 82 valence electrons. The van der Waals surface area contributed by atoms with E-state index in [0.717, 1.165) is 12.8 Å². The minimum absolute atomic E-state index is 0.0316. The maximum atomic E-state index is 11.2. The lowest BCUT2D eigenvalue weighted by atomic mass is 10.2. The Morgan fingerprint density at radius 2 is 2.29 bits per heavy atom. The fourth-order valence-electron chi connectivity index (χ4n) is 1.36. The van der Waals surface area contributed by atoms with Gasteiger partial charge in [-0.25, -0.2) is 10.4 Å². The summed E-state index contributed by atoms with van der Waals surface area (Å²) in [5.41, 5.74) is 3.04. The van der Waals surface area contributed by atoms with Crippen LogP contribution in [0.3, 0.4) is 0 Å². The molecule has 2 unspecified atom stereocenters. The van der Waals surface area contributed by atoms with Crippen molar-refractivity contribution in [1.29, 1.82) is 0 Å². The molecule has 0 radical (unpaired) electrons. The number of carbonyl (C=O) groups is 1. The number of halogens is 1. The summed E-state index contributed by atoms with van der Waals surface area (Å²) in [6.07, 6.45) is 2.15. The molecule has 1 fully saturated rings. The number of hydrogen-bond acceptors (Lipinski definition) is 3. The highest BCUT2D eigenvalue weighted by Gasteiger charge is 2.45. The number of nitrogens with one attached hydrogen (secondary N) is 1. The first kappa shape index (κ1) is 12.1. The third-order valence-electron chi connectivity index (χ3n) is 2.43. The first-order valence-corrected chi connectivity index (χ1v) is 6.79. The lowest BCUT2D eigenvalue weighted by molar-refractivity contribution is -0.147. The molecule has 0 spiro atoms. The second-order valence-corrected chi connectivity index (χ2v) is 5.27. The Labute approximate surface area is 91.6 Å². The normalized spacial score (nSPS) is 23.9. The van der Waals surface area contributed by atoms with Crippen molar-refractivity contribution in [2.75, 3.05) is 0 Å². The maximum absolute atomic E-state index is 11.2. The van der Waals surface area contributed by atoms with E-state index >= 15 is 0 Å². The lowest BCUT2D eigenvalue weighted by Crippen LogP contribution is -2.63. The van der Waals surface area contributed by atoms with Crippen molar-refractivity contribution in [2.24, 2.45) is 0 Å². The highest BCUT2D eigenvalue weighted by Crippen LogP contribution is 2.25. The first-order valence-electron chi connectivity index (χ1n) is 4.75. The molecule has 1 heterocycles. The van der Waals surface area contributed by atoms with Crippen molar-refractivity contribution >= 4 is 27.0 Å². The van der Waals surface area contributed by atoms with E-state index in [1.807, 2.05) is 13.8 Å². The van der Waals surface area contributed by atoms with Gasteiger partial charge in [-0.2, -0.15) is 0 Å². The van der Waals surface area contributed by atoms with E-state index in [4.69, 9.17) is 10.7 Å². The van der Waals surface area contributed by atoms with Gasteiger partial charge in [0.2, 0.25) is 11.3 Å². The van der Waals surface area contributed by atoms with Crippen LogP contribution in [0.25, 0.3) is 0 Å². The number of nitrogens with zero attached hydrogens (tertiary/aromatic N) is 1. The van der Waals surface area contributed by atoms with E-state index in [9.17, 15) is 9.35 Å². The standard InChI is InChI=1S/C8H15ClN2O2S/c1-3-6(4-2)10-11-7(12)5-8(11)14(9)13/h6,8,10H,3-5H2,1-2H3. The van der Waals surface area contributed by atoms with Crippen molar-refractivity contribution in [1.82, 2.24) is 10.4 Å². The van der Waals surface area contributed by atoms with E-state index in [1.54, 1.807) is 0 Å². The Kier molecular flexibility index (Phi) is 4.50. The molecule has 2 atom stereocenters. The maximum Gasteiger partial charge on any atom is 0.248 e. The molecule has 6 heteroatoms. The van der Waals surface area contributed by atoms with Gasteiger partial charge in [-0.05, 0) is 12.8 Å². The number of amides is 1. The molecular formula is C8H15ClN2O2S. The summed E-state index contributed by atoms with van der Waals surface area (Å²) in [5, 5.41) is 1.05. The zero-order valence-electron chi connectivity index (χ0n) is 8.33. The van der Waals surface area contributed by atoms with E-state index < -0.39 is 10.4 Å². The lowest BCUT2D eigenvalue weighted by Gasteiger charge is -2.39. The highest BCUT2D eigenvalue weighted by molar-refractivity contribution is 8.14. The summed E-state index contributed by atoms with van der Waals surface area (Å²) in [5.74, 6) is -0.0316. The summed E-state index contributed by atoms with van der Waals surface area (Å²) in [7, 11) is 3.97. The van der Waals surface area contributed by atoms with E-state index in [0.29, 0.717) is 0 Å². The molecule has 14 heavy (non-hydrogen) atoms. The van der Waals surface area contributed by atoms with Crippen LogP contribution in [0.2, 0.25) is 0 Å². The number of hydrogen-bond donors (Lipinski definition) is 1. The van der Waals surface area contributed by atoms with Crippen LogP contribution in [0.4, 0.5) is 0 Å². The molecule has 0 aromatic heterocycles. The van der Waals surface area contributed by atoms with Crippen LogP contribution >= 0.6 is 10.7 Å². The zero-order chi connectivity index (χ0) is 10.7. The summed E-state index contributed by atoms with van der Waals surface area (Å²) < 4.78 is 11.0. The van der Waals surface area contributed by atoms with Gasteiger partial charge in [-0.3, -0.25) is 4.79 Å². The Bertz CT molecular complexity index is 212. The van der Waals surface area contributed by atoms with Crippen molar-refractivity contribution in [3.63, 3.8) is 0 Å². The minimum Gasteiger partial charge on any atom is -0.597 e.